The highest BCUT2D eigenvalue weighted by molar-refractivity contribution is 8.00. The molecule has 0 bridgehead atoms. The summed E-state index contributed by atoms with van der Waals surface area (Å²) in [5.41, 5.74) is -1.06. The molecule has 12 heavy (non-hydrogen) atoms. The molecule has 5 nitrogen and oxygen atoms in total. The Bertz CT molecular complexity index is 155. The van der Waals surface area contributed by atoms with Gasteiger partial charge in [-0.2, -0.15) is 0 Å². The molecule has 5 unspecified atom stereocenters. The third-order valence-corrected chi connectivity index (χ3v) is 3.33. The second kappa shape index (κ2) is 3.91. The standard InChI is InChI=1S/C6H12O5S/c7-1-2(8)5-3(9)4(10)6(11)12-5/h2-11H,1H2/p+1. The van der Waals surface area contributed by atoms with Crippen LogP contribution >= 0.6 is 11.8 Å². The van der Waals surface area contributed by atoms with Crippen molar-refractivity contribution in [2.75, 3.05) is 6.61 Å². The minimum Gasteiger partial charge on any atom is -0.443 e. The smallest absolute Gasteiger partial charge is 0.171 e. The normalized spacial score (nSPS) is 44.8. The first-order valence-corrected chi connectivity index (χ1v) is 4.54. The van der Waals surface area contributed by atoms with E-state index in [4.69, 9.17) is 15.3 Å². The number of aliphatic hydroxyl groups is 4. The van der Waals surface area contributed by atoms with Gasteiger partial charge in [0.05, 0.1) is 11.4 Å². The molecule has 1 rings (SSSR count). The van der Waals surface area contributed by atoms with Crippen molar-refractivity contribution in [1.82, 2.24) is 0 Å². The van der Waals surface area contributed by atoms with Crippen LogP contribution in [0.5, 0.6) is 0 Å². The van der Waals surface area contributed by atoms with Gasteiger partial charge in [0.1, 0.15) is 17.6 Å². The lowest BCUT2D eigenvalue weighted by Crippen LogP contribution is -2.39. The second-order valence-corrected chi connectivity index (χ2v) is 4.04. The van der Waals surface area contributed by atoms with E-state index in [2.05, 4.69) is 0 Å². The Balaban J connectivity index is 2.58. The molecule has 0 amide bonds. The maximum absolute atomic E-state index is 9.26. The molecule has 72 valence electrons. The van der Waals surface area contributed by atoms with Crippen LogP contribution in [0, 0.1) is 0 Å². The fourth-order valence-electron chi connectivity index (χ4n) is 1.12. The van der Waals surface area contributed by atoms with Crippen molar-refractivity contribution in [3.63, 3.8) is 0 Å². The molecule has 0 aliphatic carbocycles. The van der Waals surface area contributed by atoms with Crippen molar-refractivity contribution in [2.45, 2.75) is 29.0 Å². The SMILES string of the molecule is OC(C[OH2+])C1SC(O)C(O)C1O. The van der Waals surface area contributed by atoms with E-state index in [9.17, 15) is 10.2 Å². The first-order chi connectivity index (χ1) is 5.57. The lowest BCUT2D eigenvalue weighted by Gasteiger charge is -2.17. The van der Waals surface area contributed by atoms with Crippen molar-refractivity contribution in [3.05, 3.63) is 0 Å². The molecule has 1 heterocycles. The van der Waals surface area contributed by atoms with Crippen molar-refractivity contribution in [3.8, 4) is 0 Å². The lowest BCUT2D eigenvalue weighted by atomic mass is 10.1. The Morgan fingerprint density at radius 1 is 1.25 bits per heavy atom. The molecule has 0 spiro atoms. The average Bonchev–Trinajstić information content (AvgIpc) is 2.32. The molecular weight excluding hydrogens is 184 g/mol. The van der Waals surface area contributed by atoms with Gasteiger partial charge in [0.15, 0.2) is 6.61 Å². The summed E-state index contributed by atoms with van der Waals surface area (Å²) in [7, 11) is 0. The Labute approximate surface area is 73.7 Å². The predicted molar refractivity (Wildman–Crippen MR) is 43.9 cm³/mol. The number of hydrogen-bond donors (Lipinski definition) is 4. The van der Waals surface area contributed by atoms with Crippen molar-refractivity contribution >= 4 is 11.8 Å². The molecule has 1 aliphatic heterocycles. The molecule has 1 aliphatic rings. The van der Waals surface area contributed by atoms with Gasteiger partial charge in [-0.05, 0) is 0 Å². The van der Waals surface area contributed by atoms with E-state index in [1.165, 1.54) is 0 Å². The number of thioether (sulfide) groups is 1. The van der Waals surface area contributed by atoms with E-state index in [0.717, 1.165) is 11.8 Å². The quantitative estimate of drug-likeness (QED) is 0.359. The van der Waals surface area contributed by atoms with Crippen LogP contribution in [0.25, 0.3) is 0 Å². The molecule has 0 aromatic carbocycles. The molecule has 0 radical (unpaired) electrons. The van der Waals surface area contributed by atoms with E-state index in [0.29, 0.717) is 0 Å². The van der Waals surface area contributed by atoms with Crippen LogP contribution in [0.15, 0.2) is 0 Å². The topological polar surface area (TPSA) is 104 Å². The van der Waals surface area contributed by atoms with E-state index < -0.39 is 29.0 Å². The van der Waals surface area contributed by atoms with Crippen LogP contribution in [0.1, 0.15) is 0 Å². The van der Waals surface area contributed by atoms with Crippen LogP contribution in [-0.2, 0) is 0 Å². The molecule has 1 fully saturated rings. The van der Waals surface area contributed by atoms with E-state index >= 15 is 0 Å². The minimum absolute atomic E-state index is 0.242. The Morgan fingerprint density at radius 3 is 2.17 bits per heavy atom. The highest BCUT2D eigenvalue weighted by Crippen LogP contribution is 2.34. The van der Waals surface area contributed by atoms with Gasteiger partial charge in [0.25, 0.3) is 0 Å². The minimum atomic E-state index is -1.22. The van der Waals surface area contributed by atoms with Gasteiger partial charge in [-0.15, -0.1) is 11.8 Å². The molecule has 0 saturated carbocycles. The highest BCUT2D eigenvalue weighted by Gasteiger charge is 2.45. The first kappa shape index (κ1) is 10.2. The monoisotopic (exact) mass is 197 g/mol. The van der Waals surface area contributed by atoms with Crippen molar-refractivity contribution in [1.29, 1.82) is 0 Å². The van der Waals surface area contributed by atoms with Crippen molar-refractivity contribution < 1.29 is 25.5 Å². The van der Waals surface area contributed by atoms with Gasteiger partial charge in [-0.3, -0.25) is 0 Å². The van der Waals surface area contributed by atoms with Crippen LogP contribution in [0.2, 0.25) is 0 Å². The van der Waals surface area contributed by atoms with Crippen LogP contribution in [0.4, 0.5) is 0 Å². The molecule has 6 N–H and O–H groups in total. The van der Waals surface area contributed by atoms with Crippen LogP contribution < -0.4 is 0 Å². The van der Waals surface area contributed by atoms with E-state index in [1.807, 2.05) is 0 Å². The van der Waals surface area contributed by atoms with E-state index in [-0.39, 0.29) is 6.61 Å². The third-order valence-electron chi connectivity index (χ3n) is 1.86. The summed E-state index contributed by atoms with van der Waals surface area (Å²) in [6, 6.07) is 0. The zero-order chi connectivity index (χ0) is 9.30. The van der Waals surface area contributed by atoms with Crippen LogP contribution in [0.3, 0.4) is 0 Å². The van der Waals surface area contributed by atoms with Crippen LogP contribution in [-0.4, -0.2) is 61.1 Å². The zero-order valence-electron chi connectivity index (χ0n) is 6.29. The summed E-state index contributed by atoms with van der Waals surface area (Å²) in [4.78, 5) is 0. The number of aliphatic hydroxyl groups excluding tert-OH is 4. The summed E-state index contributed by atoms with van der Waals surface area (Å²) in [6.45, 7) is -0.242. The zero-order valence-corrected chi connectivity index (χ0v) is 7.11. The Hall–Kier alpha value is 0.150. The van der Waals surface area contributed by atoms with Gasteiger partial charge >= 0.3 is 0 Å². The number of rotatable bonds is 2. The fourth-order valence-corrected chi connectivity index (χ4v) is 2.36. The molecule has 1 saturated heterocycles. The maximum Gasteiger partial charge on any atom is 0.171 e. The third kappa shape index (κ3) is 1.73. The van der Waals surface area contributed by atoms with Gasteiger partial charge in [-0.1, -0.05) is 0 Å². The lowest BCUT2D eigenvalue weighted by molar-refractivity contribution is -0.0333. The largest absolute Gasteiger partial charge is 0.443 e. The van der Waals surface area contributed by atoms with Gasteiger partial charge in [0.2, 0.25) is 0 Å². The summed E-state index contributed by atoms with van der Waals surface area (Å²) in [6.07, 6.45) is -3.37. The fraction of sp³-hybridized carbons (Fsp3) is 1.00. The molecule has 5 atom stereocenters. The van der Waals surface area contributed by atoms with E-state index in [1.54, 1.807) is 0 Å². The predicted octanol–water partition coefficient (Wildman–Crippen LogP) is -2.77. The van der Waals surface area contributed by atoms with Gasteiger partial charge in [0, 0.05) is 0 Å². The summed E-state index contributed by atoms with van der Waals surface area (Å²) >= 11 is 0.900. The second-order valence-electron chi connectivity index (χ2n) is 2.74. The molecule has 0 aromatic heterocycles. The van der Waals surface area contributed by atoms with Crippen molar-refractivity contribution in [2.24, 2.45) is 0 Å². The summed E-state index contributed by atoms with van der Waals surface area (Å²) in [5.74, 6) is 0. The first-order valence-electron chi connectivity index (χ1n) is 3.60. The molecular formula is C6H13O5S+. The number of hydrogen-bond acceptors (Lipinski definition) is 5. The Kier molecular flexibility index (Phi) is 3.33. The highest BCUT2D eigenvalue weighted by atomic mass is 32.2. The summed E-state index contributed by atoms with van der Waals surface area (Å²) < 4.78 is 0. The average molecular weight is 197 g/mol. The maximum atomic E-state index is 9.26. The molecule has 6 heteroatoms. The Morgan fingerprint density at radius 2 is 1.83 bits per heavy atom. The molecule has 0 aromatic rings. The van der Waals surface area contributed by atoms with Gasteiger partial charge in [-0.25, -0.2) is 0 Å². The van der Waals surface area contributed by atoms with Gasteiger partial charge < -0.3 is 25.5 Å². The summed E-state index contributed by atoms with van der Waals surface area (Å²) in [5, 5.41) is 42.8.